The zero-order valence-corrected chi connectivity index (χ0v) is 15.7. The second-order valence-electron chi connectivity index (χ2n) is 6.10. The SMILES string of the molecule is COc1ccc(C)cc1NC(=O)COC(=O)c1cc2c(cc1[N+](=O)[O-])OCCO2. The van der Waals surface area contributed by atoms with Crippen molar-refractivity contribution in [3.63, 3.8) is 0 Å². The Morgan fingerprint density at radius 3 is 2.52 bits per heavy atom. The van der Waals surface area contributed by atoms with Gasteiger partial charge >= 0.3 is 5.97 Å². The third-order valence-electron chi connectivity index (χ3n) is 4.04. The molecule has 0 aromatic heterocycles. The van der Waals surface area contributed by atoms with E-state index in [0.29, 0.717) is 11.4 Å². The molecule has 1 aliphatic heterocycles. The fourth-order valence-electron chi connectivity index (χ4n) is 2.71. The first-order valence-corrected chi connectivity index (χ1v) is 8.58. The summed E-state index contributed by atoms with van der Waals surface area (Å²) >= 11 is 0. The highest BCUT2D eigenvalue weighted by atomic mass is 16.6. The number of carbonyl (C=O) groups excluding carboxylic acids is 2. The van der Waals surface area contributed by atoms with E-state index in [1.54, 1.807) is 12.1 Å². The molecule has 1 N–H and O–H groups in total. The van der Waals surface area contributed by atoms with Crippen LogP contribution in [-0.2, 0) is 9.53 Å². The number of nitro groups is 1. The molecule has 152 valence electrons. The van der Waals surface area contributed by atoms with Crippen molar-refractivity contribution in [1.29, 1.82) is 0 Å². The standard InChI is InChI=1S/C19H18N2O8/c1-11-3-4-15(26-2)13(7-11)20-18(22)10-29-19(23)12-8-16-17(28-6-5-27-16)9-14(12)21(24)25/h3-4,7-9H,5-6,10H2,1-2H3,(H,20,22). The number of fused-ring (bicyclic) bond motifs is 1. The van der Waals surface area contributed by atoms with E-state index in [9.17, 15) is 19.7 Å². The molecule has 3 rings (SSSR count). The lowest BCUT2D eigenvalue weighted by Gasteiger charge is -2.18. The fourth-order valence-corrected chi connectivity index (χ4v) is 2.71. The lowest BCUT2D eigenvalue weighted by Crippen LogP contribution is -2.22. The quantitative estimate of drug-likeness (QED) is 0.444. The van der Waals surface area contributed by atoms with Crippen LogP contribution in [0.3, 0.4) is 0 Å². The average molecular weight is 402 g/mol. The minimum Gasteiger partial charge on any atom is -0.495 e. The molecule has 10 heteroatoms. The summed E-state index contributed by atoms with van der Waals surface area (Å²) in [4.78, 5) is 35.1. The highest BCUT2D eigenvalue weighted by Crippen LogP contribution is 2.36. The van der Waals surface area contributed by atoms with Gasteiger partial charge in [-0.25, -0.2) is 4.79 Å². The van der Waals surface area contributed by atoms with Gasteiger partial charge in [0, 0.05) is 6.07 Å². The first-order chi connectivity index (χ1) is 13.9. The number of hydrogen-bond acceptors (Lipinski definition) is 8. The van der Waals surface area contributed by atoms with Gasteiger partial charge in [0.2, 0.25) is 0 Å². The molecule has 0 radical (unpaired) electrons. The summed E-state index contributed by atoms with van der Waals surface area (Å²) in [7, 11) is 1.46. The van der Waals surface area contributed by atoms with Crippen LogP contribution in [0.25, 0.3) is 0 Å². The zero-order chi connectivity index (χ0) is 21.0. The summed E-state index contributed by atoms with van der Waals surface area (Å²) in [6.45, 7) is 1.70. The van der Waals surface area contributed by atoms with Crippen LogP contribution in [0.4, 0.5) is 11.4 Å². The van der Waals surface area contributed by atoms with Crippen molar-refractivity contribution in [2.24, 2.45) is 0 Å². The Balaban J connectivity index is 1.71. The number of nitro benzene ring substituents is 1. The van der Waals surface area contributed by atoms with Crippen LogP contribution in [0.1, 0.15) is 15.9 Å². The summed E-state index contributed by atoms with van der Waals surface area (Å²) in [6.07, 6.45) is 0. The molecule has 1 aliphatic rings. The Bertz CT molecular complexity index is 973. The van der Waals surface area contributed by atoms with E-state index in [1.807, 2.05) is 13.0 Å². The second kappa shape index (κ2) is 8.46. The number of benzene rings is 2. The number of aryl methyl sites for hydroxylation is 1. The van der Waals surface area contributed by atoms with Gasteiger partial charge in [0.05, 0.1) is 23.8 Å². The monoisotopic (exact) mass is 402 g/mol. The van der Waals surface area contributed by atoms with Crippen molar-refractivity contribution in [1.82, 2.24) is 0 Å². The van der Waals surface area contributed by atoms with Gasteiger partial charge in [0.15, 0.2) is 18.1 Å². The topological polar surface area (TPSA) is 126 Å². The van der Waals surface area contributed by atoms with E-state index < -0.39 is 29.1 Å². The van der Waals surface area contributed by atoms with E-state index in [0.717, 1.165) is 11.6 Å². The Hall–Kier alpha value is -3.82. The van der Waals surface area contributed by atoms with Gasteiger partial charge in [-0.05, 0) is 24.6 Å². The van der Waals surface area contributed by atoms with Gasteiger partial charge in [0.25, 0.3) is 11.6 Å². The molecule has 0 unspecified atom stereocenters. The van der Waals surface area contributed by atoms with Crippen molar-refractivity contribution in [2.75, 3.05) is 32.2 Å². The highest BCUT2D eigenvalue weighted by Gasteiger charge is 2.27. The number of anilines is 1. The number of amides is 1. The third-order valence-corrected chi connectivity index (χ3v) is 4.04. The molecule has 1 heterocycles. The molecular weight excluding hydrogens is 384 g/mol. The van der Waals surface area contributed by atoms with Crippen LogP contribution in [0.2, 0.25) is 0 Å². The summed E-state index contributed by atoms with van der Waals surface area (Å²) in [6, 6.07) is 7.48. The van der Waals surface area contributed by atoms with Crippen LogP contribution in [0.15, 0.2) is 30.3 Å². The smallest absolute Gasteiger partial charge is 0.345 e. The highest BCUT2D eigenvalue weighted by molar-refractivity contribution is 5.98. The van der Waals surface area contributed by atoms with E-state index in [4.69, 9.17) is 18.9 Å². The predicted molar refractivity (Wildman–Crippen MR) is 101 cm³/mol. The summed E-state index contributed by atoms with van der Waals surface area (Å²) < 4.78 is 20.8. The largest absolute Gasteiger partial charge is 0.495 e. The maximum atomic E-state index is 12.4. The third kappa shape index (κ3) is 4.54. The van der Waals surface area contributed by atoms with Crippen molar-refractivity contribution in [3.05, 3.63) is 51.6 Å². The first-order valence-electron chi connectivity index (χ1n) is 8.58. The summed E-state index contributed by atoms with van der Waals surface area (Å²) in [5.74, 6) is -0.841. The molecule has 10 nitrogen and oxygen atoms in total. The maximum Gasteiger partial charge on any atom is 0.345 e. The summed E-state index contributed by atoms with van der Waals surface area (Å²) in [5.41, 5.74) is 0.476. The number of rotatable bonds is 6. The summed E-state index contributed by atoms with van der Waals surface area (Å²) in [5, 5.41) is 13.9. The van der Waals surface area contributed by atoms with Crippen LogP contribution in [0.5, 0.6) is 17.2 Å². The van der Waals surface area contributed by atoms with E-state index >= 15 is 0 Å². The molecule has 0 atom stereocenters. The minimum atomic E-state index is -1.03. The molecular formula is C19H18N2O8. The maximum absolute atomic E-state index is 12.4. The molecule has 2 aromatic rings. The van der Waals surface area contributed by atoms with Gasteiger partial charge in [-0.15, -0.1) is 0 Å². The van der Waals surface area contributed by atoms with Gasteiger partial charge in [-0.3, -0.25) is 14.9 Å². The number of nitrogens with one attached hydrogen (secondary N) is 1. The van der Waals surface area contributed by atoms with Crippen LogP contribution in [0, 0.1) is 17.0 Å². The van der Waals surface area contributed by atoms with Gasteiger partial charge in [-0.2, -0.15) is 0 Å². The van der Waals surface area contributed by atoms with Crippen molar-refractivity contribution < 1.29 is 33.5 Å². The normalized spacial score (nSPS) is 12.1. The van der Waals surface area contributed by atoms with E-state index in [2.05, 4.69) is 5.32 Å². The molecule has 1 amide bonds. The molecule has 0 fully saturated rings. The second-order valence-corrected chi connectivity index (χ2v) is 6.10. The molecule has 0 saturated heterocycles. The van der Waals surface area contributed by atoms with E-state index in [1.165, 1.54) is 13.2 Å². The lowest BCUT2D eigenvalue weighted by molar-refractivity contribution is -0.385. The average Bonchev–Trinajstić information content (AvgIpc) is 2.71. The number of carbonyl (C=O) groups is 2. The number of nitrogens with zero attached hydrogens (tertiary/aromatic N) is 1. The predicted octanol–water partition coefficient (Wildman–Crippen LogP) is 2.48. The lowest BCUT2D eigenvalue weighted by atomic mass is 10.1. The first kappa shape index (κ1) is 19.9. The number of esters is 1. The van der Waals surface area contributed by atoms with Crippen LogP contribution >= 0.6 is 0 Å². The number of methoxy groups -OCH3 is 1. The minimum absolute atomic E-state index is 0.170. The molecule has 0 spiro atoms. The van der Waals surface area contributed by atoms with Gasteiger partial charge in [-0.1, -0.05) is 6.07 Å². The van der Waals surface area contributed by atoms with Crippen LogP contribution in [-0.4, -0.2) is 43.7 Å². The van der Waals surface area contributed by atoms with Crippen LogP contribution < -0.4 is 19.5 Å². The molecule has 0 saturated carbocycles. The molecule has 29 heavy (non-hydrogen) atoms. The van der Waals surface area contributed by atoms with Gasteiger partial charge in [0.1, 0.15) is 24.5 Å². The van der Waals surface area contributed by atoms with Crippen molar-refractivity contribution >= 4 is 23.3 Å². The molecule has 0 aliphatic carbocycles. The Morgan fingerprint density at radius 2 is 1.86 bits per heavy atom. The van der Waals surface area contributed by atoms with Crippen molar-refractivity contribution in [2.45, 2.75) is 6.92 Å². The Kier molecular flexibility index (Phi) is 5.82. The Labute approximate surface area is 165 Å². The van der Waals surface area contributed by atoms with Gasteiger partial charge < -0.3 is 24.3 Å². The van der Waals surface area contributed by atoms with Crippen molar-refractivity contribution in [3.8, 4) is 17.2 Å². The zero-order valence-electron chi connectivity index (χ0n) is 15.7. The number of hydrogen-bond donors (Lipinski definition) is 1. The molecule has 0 bridgehead atoms. The van der Waals surface area contributed by atoms with E-state index in [-0.39, 0.29) is 30.3 Å². The Morgan fingerprint density at radius 1 is 1.17 bits per heavy atom. The fraction of sp³-hybridized carbons (Fsp3) is 0.263. The number of ether oxygens (including phenoxy) is 4. The molecule has 2 aromatic carbocycles.